The Morgan fingerprint density at radius 3 is 2.62 bits per heavy atom. The predicted octanol–water partition coefficient (Wildman–Crippen LogP) is 1.76. The first-order valence-electron chi connectivity index (χ1n) is 9.76. The molecule has 0 spiro atoms. The lowest BCUT2D eigenvalue weighted by molar-refractivity contribution is -0.138. The van der Waals surface area contributed by atoms with Gasteiger partial charge in [-0.15, -0.1) is 0 Å². The van der Waals surface area contributed by atoms with Gasteiger partial charge in [-0.05, 0) is 35.7 Å². The minimum Gasteiger partial charge on any atom is -0.339 e. The highest BCUT2D eigenvalue weighted by atomic mass is 32.2. The smallest absolute Gasteiger partial charge is 0.240 e. The first-order chi connectivity index (χ1) is 13.9. The Bertz CT molecular complexity index is 1010. The summed E-state index contributed by atoms with van der Waals surface area (Å²) in [5.74, 6) is -0.684. The lowest BCUT2D eigenvalue weighted by atomic mass is 9.96. The molecule has 154 valence electrons. The molecule has 0 radical (unpaired) electrons. The molecule has 0 bridgehead atoms. The van der Waals surface area contributed by atoms with Crippen LogP contribution in [0.1, 0.15) is 17.5 Å². The number of hydrogen-bond donors (Lipinski definition) is 1. The Kier molecular flexibility index (Phi) is 5.67. The van der Waals surface area contributed by atoms with E-state index in [0.717, 1.165) is 25.6 Å². The van der Waals surface area contributed by atoms with Gasteiger partial charge >= 0.3 is 0 Å². The molecule has 1 N–H and O–H groups in total. The summed E-state index contributed by atoms with van der Waals surface area (Å²) in [6.07, 6.45) is 1.12. The molecule has 29 heavy (non-hydrogen) atoms. The number of rotatable bonds is 6. The second kappa shape index (κ2) is 8.22. The number of nitrogens with one attached hydrogen (secondary N) is 1. The number of sulfonamides is 1. The van der Waals surface area contributed by atoms with Crippen LogP contribution in [0.2, 0.25) is 0 Å². The zero-order chi connectivity index (χ0) is 20.4. The van der Waals surface area contributed by atoms with Crippen molar-refractivity contribution >= 4 is 15.9 Å². The van der Waals surface area contributed by atoms with Crippen LogP contribution in [0.25, 0.3) is 0 Å². The average molecular weight is 418 g/mol. The molecule has 1 fully saturated rings. The van der Waals surface area contributed by atoms with Gasteiger partial charge in [0.2, 0.25) is 15.9 Å². The summed E-state index contributed by atoms with van der Waals surface area (Å²) in [6, 6.07) is 13.6. The van der Waals surface area contributed by atoms with Gasteiger partial charge in [-0.1, -0.05) is 30.3 Å². The minimum atomic E-state index is -3.82. The van der Waals surface area contributed by atoms with Gasteiger partial charge in [0.05, 0.1) is 4.90 Å². The molecule has 2 aliphatic rings. The zero-order valence-corrected chi connectivity index (χ0v) is 16.9. The molecule has 2 heterocycles. The molecule has 1 amide bonds. The van der Waals surface area contributed by atoms with Crippen LogP contribution < -0.4 is 4.72 Å². The third-order valence-corrected chi connectivity index (χ3v) is 7.09. The quantitative estimate of drug-likeness (QED) is 0.778. The van der Waals surface area contributed by atoms with E-state index in [2.05, 4.69) is 33.9 Å². The summed E-state index contributed by atoms with van der Waals surface area (Å²) in [5, 5.41) is 0. The standard InChI is InChI=1S/C21H24FN3O3S/c22-18-6-3-7-20(12-18)29(27,28)23-10-8-21(26)25-14-19(15-25)24-11-9-16-4-1-2-5-17(16)13-24/h1-7,12,19,23H,8-11,13-15H2. The van der Waals surface area contributed by atoms with E-state index in [1.54, 1.807) is 4.90 Å². The maximum absolute atomic E-state index is 13.2. The van der Waals surface area contributed by atoms with Crippen LogP contribution in [-0.4, -0.2) is 56.3 Å². The third kappa shape index (κ3) is 4.49. The van der Waals surface area contributed by atoms with E-state index >= 15 is 0 Å². The third-order valence-electron chi connectivity index (χ3n) is 5.63. The van der Waals surface area contributed by atoms with Crippen molar-refractivity contribution in [3.8, 4) is 0 Å². The molecule has 0 saturated carbocycles. The van der Waals surface area contributed by atoms with E-state index in [9.17, 15) is 17.6 Å². The Morgan fingerprint density at radius 1 is 1.10 bits per heavy atom. The molecule has 2 aliphatic heterocycles. The molecular formula is C21H24FN3O3S. The lowest BCUT2D eigenvalue weighted by Gasteiger charge is -2.47. The van der Waals surface area contributed by atoms with Gasteiger partial charge in [-0.3, -0.25) is 9.69 Å². The number of carbonyl (C=O) groups excluding carboxylic acids is 1. The number of nitrogens with zero attached hydrogens (tertiary/aromatic N) is 2. The van der Waals surface area contributed by atoms with Crippen LogP contribution in [0.15, 0.2) is 53.4 Å². The van der Waals surface area contributed by atoms with E-state index < -0.39 is 15.8 Å². The molecule has 4 rings (SSSR count). The second-order valence-electron chi connectivity index (χ2n) is 7.55. The molecule has 2 aromatic carbocycles. The van der Waals surface area contributed by atoms with Crippen molar-refractivity contribution in [3.05, 3.63) is 65.5 Å². The SMILES string of the molecule is O=C(CCNS(=O)(=O)c1cccc(F)c1)N1CC(N2CCc3ccccc3C2)C1. The second-order valence-corrected chi connectivity index (χ2v) is 9.31. The highest BCUT2D eigenvalue weighted by Gasteiger charge is 2.35. The fraction of sp³-hybridized carbons (Fsp3) is 0.381. The van der Waals surface area contributed by atoms with Crippen molar-refractivity contribution in [2.75, 3.05) is 26.2 Å². The van der Waals surface area contributed by atoms with Gasteiger partial charge < -0.3 is 4.90 Å². The van der Waals surface area contributed by atoms with Crippen molar-refractivity contribution in [1.29, 1.82) is 0 Å². The van der Waals surface area contributed by atoms with E-state index in [0.29, 0.717) is 19.1 Å². The molecule has 0 atom stereocenters. The zero-order valence-electron chi connectivity index (χ0n) is 16.1. The first kappa shape index (κ1) is 20.0. The molecule has 6 nitrogen and oxygen atoms in total. The monoisotopic (exact) mass is 417 g/mol. The van der Waals surface area contributed by atoms with Gasteiger partial charge in [0.25, 0.3) is 0 Å². The summed E-state index contributed by atoms with van der Waals surface area (Å²) in [5.41, 5.74) is 2.76. The van der Waals surface area contributed by atoms with E-state index in [-0.39, 0.29) is 23.8 Å². The molecule has 2 aromatic rings. The largest absolute Gasteiger partial charge is 0.339 e. The first-order valence-corrected chi connectivity index (χ1v) is 11.2. The fourth-order valence-electron chi connectivity index (χ4n) is 3.89. The van der Waals surface area contributed by atoms with Crippen LogP contribution >= 0.6 is 0 Å². The van der Waals surface area contributed by atoms with Crippen LogP contribution in [-0.2, 0) is 27.8 Å². The number of carbonyl (C=O) groups is 1. The average Bonchev–Trinajstić information content (AvgIpc) is 2.66. The molecular weight excluding hydrogens is 393 g/mol. The fourth-order valence-corrected chi connectivity index (χ4v) is 4.95. The summed E-state index contributed by atoms with van der Waals surface area (Å²) in [7, 11) is -3.82. The number of hydrogen-bond acceptors (Lipinski definition) is 4. The Morgan fingerprint density at radius 2 is 1.86 bits per heavy atom. The topological polar surface area (TPSA) is 69.7 Å². The van der Waals surface area contributed by atoms with Gasteiger partial charge in [0, 0.05) is 45.2 Å². The number of fused-ring (bicyclic) bond motifs is 1. The molecule has 1 saturated heterocycles. The number of benzene rings is 2. The number of halogens is 1. The molecule has 0 unspecified atom stereocenters. The predicted molar refractivity (Wildman–Crippen MR) is 107 cm³/mol. The molecule has 8 heteroatoms. The minimum absolute atomic E-state index is 0.00403. The normalized spacial score (nSPS) is 17.6. The van der Waals surface area contributed by atoms with Crippen molar-refractivity contribution < 1.29 is 17.6 Å². The van der Waals surface area contributed by atoms with Gasteiger partial charge in [-0.2, -0.15) is 0 Å². The van der Waals surface area contributed by atoms with Crippen molar-refractivity contribution in [2.45, 2.75) is 30.3 Å². The van der Waals surface area contributed by atoms with E-state index in [1.165, 1.54) is 29.3 Å². The highest BCUT2D eigenvalue weighted by molar-refractivity contribution is 7.89. The highest BCUT2D eigenvalue weighted by Crippen LogP contribution is 2.24. The van der Waals surface area contributed by atoms with E-state index in [4.69, 9.17) is 0 Å². The Hall–Kier alpha value is -2.29. The van der Waals surface area contributed by atoms with Gasteiger partial charge in [0.1, 0.15) is 5.82 Å². The van der Waals surface area contributed by atoms with Crippen LogP contribution in [0.4, 0.5) is 4.39 Å². The van der Waals surface area contributed by atoms with Gasteiger partial charge in [0.15, 0.2) is 0 Å². The molecule has 0 aromatic heterocycles. The lowest BCUT2D eigenvalue weighted by Crippen LogP contribution is -2.61. The Labute approximate surface area is 170 Å². The van der Waals surface area contributed by atoms with Crippen LogP contribution in [0.5, 0.6) is 0 Å². The van der Waals surface area contributed by atoms with Gasteiger partial charge in [-0.25, -0.2) is 17.5 Å². The maximum atomic E-state index is 13.2. The number of likely N-dealkylation sites (tertiary alicyclic amines) is 1. The molecule has 0 aliphatic carbocycles. The summed E-state index contributed by atoms with van der Waals surface area (Å²) in [4.78, 5) is 16.4. The summed E-state index contributed by atoms with van der Waals surface area (Å²) in [6.45, 7) is 3.26. The number of amides is 1. The maximum Gasteiger partial charge on any atom is 0.240 e. The van der Waals surface area contributed by atoms with E-state index in [1.807, 2.05) is 0 Å². The van der Waals surface area contributed by atoms with Crippen molar-refractivity contribution in [2.24, 2.45) is 0 Å². The van der Waals surface area contributed by atoms with Crippen LogP contribution in [0, 0.1) is 5.82 Å². The van der Waals surface area contributed by atoms with Crippen molar-refractivity contribution in [1.82, 2.24) is 14.5 Å². The van der Waals surface area contributed by atoms with Crippen LogP contribution in [0.3, 0.4) is 0 Å². The summed E-state index contributed by atoms with van der Waals surface area (Å²) >= 11 is 0. The van der Waals surface area contributed by atoms with Crippen molar-refractivity contribution in [3.63, 3.8) is 0 Å². The Balaban J connectivity index is 1.22. The summed E-state index contributed by atoms with van der Waals surface area (Å²) < 4.78 is 39.9.